The van der Waals surface area contributed by atoms with Crippen molar-refractivity contribution in [1.82, 2.24) is 5.32 Å². The number of amides is 1. The van der Waals surface area contributed by atoms with E-state index in [1.807, 2.05) is 19.1 Å². The Morgan fingerprint density at radius 2 is 1.91 bits per heavy atom. The number of ketones is 1. The van der Waals surface area contributed by atoms with Crippen molar-refractivity contribution in [2.45, 2.75) is 51.8 Å². The third kappa shape index (κ3) is 4.82. The van der Waals surface area contributed by atoms with Gasteiger partial charge in [-0.05, 0) is 74.6 Å². The van der Waals surface area contributed by atoms with Gasteiger partial charge in [0.2, 0.25) is 11.7 Å². The van der Waals surface area contributed by atoms with E-state index in [1.165, 1.54) is 12.0 Å². The van der Waals surface area contributed by atoms with E-state index in [-0.39, 0.29) is 18.1 Å². The number of aryl methyl sites for hydroxylation is 2. The second-order valence-corrected chi connectivity index (χ2v) is 9.53. The first kappa shape index (κ1) is 23.2. The fraction of sp³-hybridized carbons (Fsp3) is 0.357. The number of hydrogen-bond acceptors (Lipinski definition) is 6. The summed E-state index contributed by atoms with van der Waals surface area (Å²) in [5, 5.41) is 15.7. The van der Waals surface area contributed by atoms with Crippen LogP contribution in [0.4, 0.5) is 11.4 Å². The summed E-state index contributed by atoms with van der Waals surface area (Å²) < 4.78 is 6.00. The summed E-state index contributed by atoms with van der Waals surface area (Å²) >= 11 is 0. The average molecular weight is 474 g/mol. The Kier molecular flexibility index (Phi) is 6.34. The minimum atomic E-state index is -1.23. The van der Waals surface area contributed by atoms with Crippen LogP contribution in [-0.2, 0) is 11.2 Å². The molecule has 0 spiro atoms. The van der Waals surface area contributed by atoms with E-state index in [1.54, 1.807) is 18.2 Å². The van der Waals surface area contributed by atoms with Crippen LogP contribution >= 0.6 is 0 Å². The third-order valence-electron chi connectivity index (χ3n) is 6.80. The smallest absolute Gasteiger partial charge is 0.225 e. The number of nitrogens with one attached hydrogen (secondary N) is 2. The maximum atomic E-state index is 13.3. The first-order valence-electron chi connectivity index (χ1n) is 12.2. The molecule has 35 heavy (non-hydrogen) atoms. The lowest BCUT2D eigenvalue weighted by molar-refractivity contribution is -0.121. The summed E-state index contributed by atoms with van der Waals surface area (Å²) in [5.41, 5.74) is 5.02. The number of Topliss-reactive ketones (excluding diaryl/α,β-unsaturated/α-hetero) is 1. The fourth-order valence-corrected chi connectivity index (χ4v) is 5.01. The molecule has 182 valence electrons. The number of hydrogen-bond donors (Lipinski definition) is 3. The zero-order chi connectivity index (χ0) is 24.5. The Labute approximate surface area is 205 Å². The largest absolute Gasteiger partial charge is 0.464 e. The van der Waals surface area contributed by atoms with Crippen molar-refractivity contribution in [3.05, 3.63) is 82.3 Å². The van der Waals surface area contributed by atoms with E-state index in [9.17, 15) is 14.7 Å². The highest BCUT2D eigenvalue weighted by atomic mass is 16.3. The van der Waals surface area contributed by atoms with Crippen molar-refractivity contribution in [3.8, 4) is 0 Å². The molecule has 2 aromatic carbocycles. The van der Waals surface area contributed by atoms with Gasteiger partial charge >= 0.3 is 0 Å². The number of aliphatic hydroxyl groups excluding tert-OH is 1. The normalized spacial score (nSPS) is 18.2. The Bertz CT molecular complexity index is 1260. The predicted octanol–water partition coefficient (Wildman–Crippen LogP) is 4.26. The van der Waals surface area contributed by atoms with Crippen LogP contribution in [0.25, 0.3) is 0 Å². The van der Waals surface area contributed by atoms with E-state index in [0.29, 0.717) is 22.6 Å². The second-order valence-electron chi connectivity index (χ2n) is 9.53. The summed E-state index contributed by atoms with van der Waals surface area (Å²) in [6, 6.07) is 15.0. The Hall–Kier alpha value is -3.58. The third-order valence-corrected chi connectivity index (χ3v) is 6.80. The quantitative estimate of drug-likeness (QED) is 0.495. The zero-order valence-corrected chi connectivity index (χ0v) is 20.1. The average Bonchev–Trinajstić information content (AvgIpc) is 3.41. The molecule has 7 heteroatoms. The van der Waals surface area contributed by atoms with E-state index in [4.69, 9.17) is 4.42 Å². The number of benzene rings is 2. The van der Waals surface area contributed by atoms with Gasteiger partial charge in [0.15, 0.2) is 6.23 Å². The zero-order valence-electron chi connectivity index (χ0n) is 20.1. The van der Waals surface area contributed by atoms with Gasteiger partial charge in [-0.2, -0.15) is 0 Å². The maximum Gasteiger partial charge on any atom is 0.225 e. The van der Waals surface area contributed by atoms with Crippen LogP contribution in [0.1, 0.15) is 63.9 Å². The van der Waals surface area contributed by atoms with Gasteiger partial charge in [0.25, 0.3) is 0 Å². The van der Waals surface area contributed by atoms with Crippen molar-refractivity contribution in [2.24, 2.45) is 0 Å². The highest BCUT2D eigenvalue weighted by Crippen LogP contribution is 2.34. The van der Waals surface area contributed by atoms with Crippen molar-refractivity contribution in [3.63, 3.8) is 0 Å². The van der Waals surface area contributed by atoms with Crippen molar-refractivity contribution < 1.29 is 19.1 Å². The monoisotopic (exact) mass is 473 g/mol. The highest BCUT2D eigenvalue weighted by molar-refractivity contribution is 6.09. The predicted molar refractivity (Wildman–Crippen MR) is 135 cm³/mol. The first-order chi connectivity index (χ1) is 16.9. The lowest BCUT2D eigenvalue weighted by Crippen LogP contribution is -2.34. The minimum absolute atomic E-state index is 0.109. The molecular weight excluding hydrogens is 442 g/mol. The number of carbonyl (C=O) groups excluding carboxylic acids is 2. The number of anilines is 2. The van der Waals surface area contributed by atoms with Crippen LogP contribution in [0, 0.1) is 13.8 Å². The number of rotatable bonds is 6. The molecule has 2 aliphatic rings. The molecule has 0 bridgehead atoms. The van der Waals surface area contributed by atoms with Crippen LogP contribution in [0.5, 0.6) is 0 Å². The first-order valence-corrected chi connectivity index (χ1v) is 12.2. The standard InChI is InChI=1S/C28H31N3O4/c1-17-6-9-20(23(14-17)31-12-4-3-5-13-31)26(24-11-7-18(2)35-24)30-25(32)16-19-8-10-22-21(15-19)27(33)28(34)29-22/h6-11,14-15,26,28-29,34H,3-5,12-13,16H2,1-2H3,(H,30,32). The number of nitrogens with zero attached hydrogens (tertiary/aromatic N) is 1. The van der Waals surface area contributed by atoms with Crippen LogP contribution in [0.15, 0.2) is 52.9 Å². The van der Waals surface area contributed by atoms with Crippen molar-refractivity contribution in [2.75, 3.05) is 23.3 Å². The molecule has 0 saturated carbocycles. The van der Waals surface area contributed by atoms with Crippen LogP contribution in [-0.4, -0.2) is 36.1 Å². The number of fused-ring (bicyclic) bond motifs is 1. The van der Waals surface area contributed by atoms with Gasteiger partial charge < -0.3 is 25.1 Å². The number of furan rings is 1. The Morgan fingerprint density at radius 3 is 2.66 bits per heavy atom. The van der Waals surface area contributed by atoms with Crippen molar-refractivity contribution >= 4 is 23.1 Å². The molecular formula is C28H31N3O4. The molecule has 1 fully saturated rings. The molecule has 3 heterocycles. The van der Waals surface area contributed by atoms with Crippen molar-refractivity contribution in [1.29, 1.82) is 0 Å². The molecule has 1 amide bonds. The van der Waals surface area contributed by atoms with Gasteiger partial charge in [-0.15, -0.1) is 0 Å². The van der Waals surface area contributed by atoms with Gasteiger partial charge in [-0.3, -0.25) is 9.59 Å². The molecule has 7 nitrogen and oxygen atoms in total. The van der Waals surface area contributed by atoms with Gasteiger partial charge in [-0.1, -0.05) is 18.2 Å². The van der Waals surface area contributed by atoms with E-state index < -0.39 is 12.3 Å². The summed E-state index contributed by atoms with van der Waals surface area (Å²) in [6.07, 6.45) is 2.44. The topological polar surface area (TPSA) is 94.8 Å². The Balaban J connectivity index is 1.43. The van der Waals surface area contributed by atoms with Gasteiger partial charge in [0.1, 0.15) is 17.6 Å². The van der Waals surface area contributed by atoms with Gasteiger partial charge in [0, 0.05) is 35.6 Å². The van der Waals surface area contributed by atoms with E-state index in [0.717, 1.165) is 42.9 Å². The number of carbonyl (C=O) groups is 2. The number of aliphatic hydroxyl groups is 1. The summed E-state index contributed by atoms with van der Waals surface area (Å²) in [7, 11) is 0. The molecule has 3 aromatic rings. The molecule has 3 N–H and O–H groups in total. The molecule has 2 atom stereocenters. The van der Waals surface area contributed by atoms with E-state index >= 15 is 0 Å². The lowest BCUT2D eigenvalue weighted by atomic mass is 9.97. The SMILES string of the molecule is Cc1ccc(C(NC(=O)Cc2ccc3c(c2)C(=O)C(O)N3)c2ccc(C)o2)c(N2CCCCC2)c1. The summed E-state index contributed by atoms with van der Waals surface area (Å²) in [5.74, 6) is 0.925. The van der Waals surface area contributed by atoms with Crippen LogP contribution < -0.4 is 15.5 Å². The Morgan fingerprint density at radius 1 is 1.11 bits per heavy atom. The summed E-state index contributed by atoms with van der Waals surface area (Å²) in [4.78, 5) is 27.8. The fourth-order valence-electron chi connectivity index (χ4n) is 5.01. The molecule has 1 aromatic heterocycles. The number of piperidine rings is 1. The summed E-state index contributed by atoms with van der Waals surface area (Å²) in [6.45, 7) is 5.98. The molecule has 0 aliphatic carbocycles. The van der Waals surface area contributed by atoms with E-state index in [2.05, 4.69) is 40.7 Å². The van der Waals surface area contributed by atoms with Gasteiger partial charge in [-0.25, -0.2) is 0 Å². The van der Waals surface area contributed by atoms with Crippen LogP contribution in [0.3, 0.4) is 0 Å². The molecule has 2 unspecified atom stereocenters. The second kappa shape index (κ2) is 9.58. The lowest BCUT2D eigenvalue weighted by Gasteiger charge is -2.32. The molecule has 2 aliphatic heterocycles. The highest BCUT2D eigenvalue weighted by Gasteiger charge is 2.29. The van der Waals surface area contributed by atoms with Gasteiger partial charge in [0.05, 0.1) is 6.42 Å². The maximum absolute atomic E-state index is 13.3. The van der Waals surface area contributed by atoms with Crippen LogP contribution in [0.2, 0.25) is 0 Å². The molecule has 5 rings (SSSR count). The molecule has 1 saturated heterocycles. The molecule has 0 radical (unpaired) electrons. The minimum Gasteiger partial charge on any atom is -0.464 e.